The third-order valence-electron chi connectivity index (χ3n) is 3.96. The van der Waals surface area contributed by atoms with Gasteiger partial charge in [-0.15, -0.1) is 0 Å². The highest BCUT2D eigenvalue weighted by Gasteiger charge is 2.24. The molecule has 2 rings (SSSR count). The first-order valence-corrected chi connectivity index (χ1v) is 7.68. The van der Waals surface area contributed by atoms with Gasteiger partial charge in [0, 0.05) is 30.8 Å². The Labute approximate surface area is 134 Å². The van der Waals surface area contributed by atoms with E-state index in [0.29, 0.717) is 19.0 Å². The molecular weight excluding hydrogens is 300 g/mol. The van der Waals surface area contributed by atoms with Gasteiger partial charge in [0.15, 0.2) is 0 Å². The summed E-state index contributed by atoms with van der Waals surface area (Å²) in [6.45, 7) is 5.19. The highest BCUT2D eigenvalue weighted by atomic mass is 16.6. The summed E-state index contributed by atoms with van der Waals surface area (Å²) in [5.41, 5.74) is -0.115. The summed E-state index contributed by atoms with van der Waals surface area (Å²) in [6, 6.07) is 3.71. The van der Waals surface area contributed by atoms with Crippen molar-refractivity contribution in [2.45, 2.75) is 26.7 Å². The summed E-state index contributed by atoms with van der Waals surface area (Å²) in [6.07, 6.45) is 1.82. The molecule has 1 saturated heterocycles. The van der Waals surface area contributed by atoms with E-state index < -0.39 is 10.9 Å². The molecule has 124 valence electrons. The van der Waals surface area contributed by atoms with Crippen LogP contribution >= 0.6 is 0 Å². The van der Waals surface area contributed by atoms with Gasteiger partial charge in [-0.1, -0.05) is 6.92 Å². The number of amides is 1. The molecule has 1 heterocycles. The molecular formula is C16H20N2O5. The number of likely N-dealkylation sites (tertiary alicyclic amines) is 1. The third-order valence-corrected chi connectivity index (χ3v) is 3.96. The maximum absolute atomic E-state index is 12.6. The number of ether oxygens (including phenoxy) is 1. The number of nitrogens with zero attached hydrogens (tertiary/aromatic N) is 2. The molecule has 1 amide bonds. The van der Waals surface area contributed by atoms with E-state index in [1.54, 1.807) is 11.8 Å². The number of benzene rings is 1. The Balaban J connectivity index is 2.31. The van der Waals surface area contributed by atoms with Crippen molar-refractivity contribution in [3.63, 3.8) is 0 Å². The smallest absolute Gasteiger partial charge is 0.338 e. The molecule has 0 N–H and O–H groups in total. The fraction of sp³-hybridized carbons (Fsp3) is 0.500. The maximum atomic E-state index is 12.6. The normalized spacial score (nSPS) is 15.3. The fourth-order valence-electron chi connectivity index (χ4n) is 2.57. The molecule has 0 unspecified atom stereocenters. The predicted octanol–water partition coefficient (Wildman–Crippen LogP) is 2.64. The second-order valence-corrected chi connectivity index (χ2v) is 5.72. The number of nitro benzene ring substituents is 1. The van der Waals surface area contributed by atoms with Crippen molar-refractivity contribution in [1.29, 1.82) is 0 Å². The van der Waals surface area contributed by atoms with Crippen molar-refractivity contribution in [3.8, 4) is 0 Å². The first-order chi connectivity index (χ1) is 10.9. The molecule has 0 bridgehead atoms. The first-order valence-electron chi connectivity index (χ1n) is 7.68. The van der Waals surface area contributed by atoms with Crippen LogP contribution in [0.4, 0.5) is 5.69 Å². The van der Waals surface area contributed by atoms with Crippen LogP contribution in [-0.2, 0) is 4.74 Å². The van der Waals surface area contributed by atoms with E-state index in [1.165, 1.54) is 12.1 Å². The summed E-state index contributed by atoms with van der Waals surface area (Å²) in [4.78, 5) is 36.5. The van der Waals surface area contributed by atoms with Crippen molar-refractivity contribution >= 4 is 17.6 Å². The lowest BCUT2D eigenvalue weighted by molar-refractivity contribution is -0.384. The Kier molecular flexibility index (Phi) is 5.31. The zero-order valence-electron chi connectivity index (χ0n) is 13.3. The van der Waals surface area contributed by atoms with Gasteiger partial charge in [-0.2, -0.15) is 0 Å². The molecule has 1 fully saturated rings. The molecule has 1 aromatic rings. The first kappa shape index (κ1) is 16.9. The molecule has 0 atom stereocenters. The van der Waals surface area contributed by atoms with Crippen molar-refractivity contribution in [3.05, 3.63) is 39.4 Å². The molecule has 0 saturated carbocycles. The molecule has 1 aromatic carbocycles. The highest BCUT2D eigenvalue weighted by molar-refractivity contribution is 5.99. The SMILES string of the molecule is CCOC(=O)c1cc(C(=O)N2CCC(C)CC2)cc([N+](=O)[O-])c1. The minimum Gasteiger partial charge on any atom is -0.462 e. The van der Waals surface area contributed by atoms with Crippen molar-refractivity contribution < 1.29 is 19.2 Å². The fourth-order valence-corrected chi connectivity index (χ4v) is 2.57. The number of piperidine rings is 1. The minimum absolute atomic E-state index is 0.0229. The number of rotatable bonds is 4. The Morgan fingerprint density at radius 3 is 2.43 bits per heavy atom. The largest absolute Gasteiger partial charge is 0.462 e. The number of non-ortho nitro benzene ring substituents is 1. The third kappa shape index (κ3) is 4.06. The lowest BCUT2D eigenvalue weighted by Crippen LogP contribution is -2.38. The molecule has 1 aliphatic rings. The van der Waals surface area contributed by atoms with E-state index in [-0.39, 0.29) is 29.3 Å². The van der Waals surface area contributed by atoms with Crippen LogP contribution in [0.5, 0.6) is 0 Å². The van der Waals surface area contributed by atoms with Gasteiger partial charge in [0.1, 0.15) is 0 Å². The molecule has 7 nitrogen and oxygen atoms in total. The van der Waals surface area contributed by atoms with Crippen LogP contribution in [0.25, 0.3) is 0 Å². The van der Waals surface area contributed by atoms with Gasteiger partial charge in [-0.3, -0.25) is 14.9 Å². The van der Waals surface area contributed by atoms with Crippen molar-refractivity contribution in [2.75, 3.05) is 19.7 Å². The van der Waals surface area contributed by atoms with E-state index in [1.807, 2.05) is 0 Å². The summed E-state index contributed by atoms with van der Waals surface area (Å²) < 4.78 is 4.87. The van der Waals surface area contributed by atoms with E-state index in [4.69, 9.17) is 4.74 Å². The predicted molar refractivity (Wildman–Crippen MR) is 83.4 cm³/mol. The summed E-state index contributed by atoms with van der Waals surface area (Å²) in [5, 5.41) is 11.1. The standard InChI is InChI=1S/C16H20N2O5/c1-3-23-16(20)13-8-12(9-14(10-13)18(21)22)15(19)17-6-4-11(2)5-7-17/h8-11H,3-7H2,1-2H3. The topological polar surface area (TPSA) is 89.8 Å². The van der Waals surface area contributed by atoms with Crippen LogP contribution in [0.1, 0.15) is 47.4 Å². The summed E-state index contributed by atoms with van der Waals surface area (Å²) in [7, 11) is 0. The van der Waals surface area contributed by atoms with Crippen LogP contribution in [-0.4, -0.2) is 41.4 Å². The van der Waals surface area contributed by atoms with Gasteiger partial charge in [-0.25, -0.2) is 4.79 Å². The Bertz CT molecular complexity index is 621. The Morgan fingerprint density at radius 1 is 1.26 bits per heavy atom. The highest BCUT2D eigenvalue weighted by Crippen LogP contribution is 2.22. The summed E-state index contributed by atoms with van der Waals surface area (Å²) in [5.74, 6) is -0.386. The van der Waals surface area contributed by atoms with Crippen LogP contribution in [0.15, 0.2) is 18.2 Å². The number of carbonyl (C=O) groups excluding carboxylic acids is 2. The van der Waals surface area contributed by atoms with E-state index in [9.17, 15) is 19.7 Å². The maximum Gasteiger partial charge on any atom is 0.338 e. The number of esters is 1. The van der Waals surface area contributed by atoms with Crippen LogP contribution in [0.3, 0.4) is 0 Å². The van der Waals surface area contributed by atoms with Gasteiger partial charge in [0.05, 0.1) is 17.1 Å². The Morgan fingerprint density at radius 2 is 1.87 bits per heavy atom. The van der Waals surface area contributed by atoms with Crippen molar-refractivity contribution in [2.24, 2.45) is 5.92 Å². The van der Waals surface area contributed by atoms with Crippen LogP contribution in [0.2, 0.25) is 0 Å². The zero-order chi connectivity index (χ0) is 17.0. The molecule has 1 aliphatic heterocycles. The van der Waals surface area contributed by atoms with Crippen LogP contribution in [0, 0.1) is 16.0 Å². The number of carbonyl (C=O) groups is 2. The quantitative estimate of drug-likeness (QED) is 0.483. The molecule has 0 aliphatic carbocycles. The van der Waals surface area contributed by atoms with E-state index in [0.717, 1.165) is 18.9 Å². The second kappa shape index (κ2) is 7.21. The molecule has 23 heavy (non-hydrogen) atoms. The number of hydrogen-bond acceptors (Lipinski definition) is 5. The van der Waals surface area contributed by atoms with Gasteiger partial charge >= 0.3 is 5.97 Å². The molecule has 7 heteroatoms. The lowest BCUT2D eigenvalue weighted by atomic mass is 9.98. The monoisotopic (exact) mass is 320 g/mol. The number of nitro groups is 1. The van der Waals surface area contributed by atoms with E-state index in [2.05, 4.69) is 6.92 Å². The lowest BCUT2D eigenvalue weighted by Gasteiger charge is -2.30. The van der Waals surface area contributed by atoms with Gasteiger partial charge in [0.2, 0.25) is 0 Å². The Hall–Kier alpha value is -2.44. The summed E-state index contributed by atoms with van der Waals surface area (Å²) >= 11 is 0. The number of hydrogen-bond donors (Lipinski definition) is 0. The van der Waals surface area contributed by atoms with Crippen molar-refractivity contribution in [1.82, 2.24) is 4.90 Å². The minimum atomic E-state index is -0.669. The average Bonchev–Trinajstić information content (AvgIpc) is 2.54. The molecule has 0 radical (unpaired) electrons. The van der Waals surface area contributed by atoms with Gasteiger partial charge in [0.25, 0.3) is 11.6 Å². The van der Waals surface area contributed by atoms with Crippen LogP contribution < -0.4 is 0 Å². The van der Waals surface area contributed by atoms with Gasteiger partial charge in [-0.05, 0) is 31.7 Å². The second-order valence-electron chi connectivity index (χ2n) is 5.72. The van der Waals surface area contributed by atoms with E-state index >= 15 is 0 Å². The molecule has 0 spiro atoms. The molecule has 0 aromatic heterocycles. The average molecular weight is 320 g/mol. The zero-order valence-corrected chi connectivity index (χ0v) is 13.3. The van der Waals surface area contributed by atoms with Gasteiger partial charge < -0.3 is 9.64 Å².